The maximum atomic E-state index is 12.2. The Labute approximate surface area is 154 Å². The van der Waals surface area contributed by atoms with Crippen LogP contribution in [0.1, 0.15) is 44.7 Å². The summed E-state index contributed by atoms with van der Waals surface area (Å²) in [5.41, 5.74) is 1.69. The third-order valence-corrected chi connectivity index (χ3v) is 3.69. The number of carbonyl (C=O) groups excluding carboxylic acids is 3. The highest BCUT2D eigenvalue weighted by molar-refractivity contribution is 6.16. The van der Waals surface area contributed by atoms with Crippen LogP contribution in [0.15, 0.2) is 60.7 Å². The van der Waals surface area contributed by atoms with Gasteiger partial charge in [-0.1, -0.05) is 88.4 Å². The molecule has 5 nitrogen and oxygen atoms in total. The Balaban J connectivity index is 0.000000791. The van der Waals surface area contributed by atoms with Crippen LogP contribution in [0.25, 0.3) is 0 Å². The van der Waals surface area contributed by atoms with Gasteiger partial charge < -0.3 is 0 Å². The van der Waals surface area contributed by atoms with Crippen LogP contribution in [-0.4, -0.2) is 17.8 Å². The summed E-state index contributed by atoms with van der Waals surface area (Å²) in [7, 11) is 0. The molecule has 4 amide bonds. The van der Waals surface area contributed by atoms with E-state index in [0.717, 1.165) is 11.1 Å². The summed E-state index contributed by atoms with van der Waals surface area (Å²) in [5.74, 6) is -2.59. The molecule has 0 spiro atoms. The van der Waals surface area contributed by atoms with E-state index in [1.54, 1.807) is 0 Å². The molecule has 0 aromatic heterocycles. The Morgan fingerprint density at radius 2 is 1.00 bits per heavy atom. The molecule has 0 aliphatic carbocycles. The van der Waals surface area contributed by atoms with Crippen LogP contribution in [0.4, 0.5) is 4.79 Å². The van der Waals surface area contributed by atoms with Gasteiger partial charge in [-0.3, -0.25) is 20.2 Å². The molecule has 2 aromatic carbocycles. The number of hydrogen-bond acceptors (Lipinski definition) is 3. The van der Waals surface area contributed by atoms with Crippen molar-refractivity contribution in [3.8, 4) is 0 Å². The van der Waals surface area contributed by atoms with Crippen LogP contribution in [0.3, 0.4) is 0 Å². The third kappa shape index (κ3) is 5.02. The summed E-state index contributed by atoms with van der Waals surface area (Å²) in [6.07, 6.45) is 0. The molecule has 1 aliphatic heterocycles. The summed E-state index contributed by atoms with van der Waals surface area (Å²) in [5, 5.41) is 4.34. The fourth-order valence-corrected chi connectivity index (χ4v) is 2.73. The van der Waals surface area contributed by atoms with E-state index < -0.39 is 29.7 Å². The Hall–Kier alpha value is -2.95. The van der Waals surface area contributed by atoms with Crippen molar-refractivity contribution in [2.24, 2.45) is 5.92 Å². The molecular formula is C21H26N2O3. The molecule has 1 heterocycles. The molecule has 1 aliphatic rings. The fourth-order valence-electron chi connectivity index (χ4n) is 2.73. The lowest BCUT2D eigenvalue weighted by Crippen LogP contribution is -2.57. The maximum Gasteiger partial charge on any atom is 0.328 e. The van der Waals surface area contributed by atoms with Gasteiger partial charge in [-0.15, -0.1) is 0 Å². The minimum Gasteiger partial charge on any atom is -0.277 e. The number of imide groups is 2. The predicted octanol–water partition coefficient (Wildman–Crippen LogP) is 3.85. The van der Waals surface area contributed by atoms with Crippen molar-refractivity contribution in [3.05, 3.63) is 71.8 Å². The predicted molar refractivity (Wildman–Crippen MR) is 103 cm³/mol. The monoisotopic (exact) mass is 354 g/mol. The largest absolute Gasteiger partial charge is 0.328 e. The smallest absolute Gasteiger partial charge is 0.277 e. The van der Waals surface area contributed by atoms with Crippen LogP contribution in [0, 0.1) is 5.92 Å². The van der Waals surface area contributed by atoms with Crippen molar-refractivity contribution in [3.63, 3.8) is 0 Å². The molecule has 0 unspecified atom stereocenters. The molecule has 0 saturated carbocycles. The second kappa shape index (κ2) is 10.8. The summed E-state index contributed by atoms with van der Waals surface area (Å²) in [6.45, 7) is 8.00. The second-order valence-electron chi connectivity index (χ2n) is 5.08. The molecule has 1 saturated heterocycles. The second-order valence-corrected chi connectivity index (χ2v) is 5.08. The molecule has 0 radical (unpaired) electrons. The molecule has 5 heteroatoms. The van der Waals surface area contributed by atoms with Crippen molar-refractivity contribution >= 4 is 17.8 Å². The Morgan fingerprint density at radius 3 is 1.35 bits per heavy atom. The lowest BCUT2D eigenvalue weighted by molar-refractivity contribution is -0.136. The average molecular weight is 354 g/mol. The molecule has 138 valence electrons. The highest BCUT2D eigenvalue weighted by Gasteiger charge is 2.41. The Morgan fingerprint density at radius 1 is 0.654 bits per heavy atom. The molecule has 2 N–H and O–H groups in total. The summed E-state index contributed by atoms with van der Waals surface area (Å²) in [4.78, 5) is 35.7. The average Bonchev–Trinajstić information content (AvgIpc) is 2.69. The number of hydrogen-bond donors (Lipinski definition) is 2. The number of urea groups is 1. The van der Waals surface area contributed by atoms with Crippen molar-refractivity contribution in [1.29, 1.82) is 0 Å². The number of amides is 4. The Kier molecular flexibility index (Phi) is 8.78. The van der Waals surface area contributed by atoms with E-state index in [1.807, 2.05) is 88.4 Å². The van der Waals surface area contributed by atoms with E-state index in [9.17, 15) is 14.4 Å². The molecule has 3 rings (SSSR count). The van der Waals surface area contributed by atoms with E-state index >= 15 is 0 Å². The zero-order valence-corrected chi connectivity index (χ0v) is 15.7. The van der Waals surface area contributed by atoms with Crippen molar-refractivity contribution in [1.82, 2.24) is 10.6 Å². The van der Waals surface area contributed by atoms with E-state index in [0.29, 0.717) is 0 Å². The van der Waals surface area contributed by atoms with Gasteiger partial charge in [0.05, 0.1) is 0 Å². The maximum absolute atomic E-state index is 12.2. The van der Waals surface area contributed by atoms with Gasteiger partial charge in [0.15, 0.2) is 0 Å². The van der Waals surface area contributed by atoms with Gasteiger partial charge in [0.2, 0.25) is 11.8 Å². The standard InChI is InChI=1S/C17H14N2O3.2C2H6/c20-15-14(16(21)19-17(22)18-15)13(11-7-3-1-4-8-11)12-9-5-2-6-10-12;2*1-2/h1-10,13-14H,(H2,18,19,20,21,22);2*1-2H3. The van der Waals surface area contributed by atoms with E-state index in [-0.39, 0.29) is 0 Å². The first kappa shape index (κ1) is 21.1. The quantitative estimate of drug-likeness (QED) is 0.822. The van der Waals surface area contributed by atoms with Gasteiger partial charge in [-0.25, -0.2) is 4.79 Å². The molecule has 1 fully saturated rings. The zero-order valence-electron chi connectivity index (χ0n) is 15.7. The van der Waals surface area contributed by atoms with Gasteiger partial charge in [-0.2, -0.15) is 0 Å². The minimum absolute atomic E-state index is 0.449. The van der Waals surface area contributed by atoms with Crippen molar-refractivity contribution in [2.75, 3.05) is 0 Å². The minimum atomic E-state index is -0.984. The van der Waals surface area contributed by atoms with Crippen LogP contribution in [0.5, 0.6) is 0 Å². The summed E-state index contributed by atoms with van der Waals surface area (Å²) >= 11 is 0. The number of rotatable bonds is 3. The Bertz CT molecular complexity index is 655. The lowest BCUT2D eigenvalue weighted by atomic mass is 9.79. The third-order valence-electron chi connectivity index (χ3n) is 3.69. The van der Waals surface area contributed by atoms with E-state index in [1.165, 1.54) is 0 Å². The summed E-state index contributed by atoms with van der Waals surface area (Å²) < 4.78 is 0. The van der Waals surface area contributed by atoms with Crippen LogP contribution >= 0.6 is 0 Å². The first-order valence-corrected chi connectivity index (χ1v) is 8.92. The molecule has 0 bridgehead atoms. The molecule has 0 atom stereocenters. The van der Waals surface area contributed by atoms with Crippen molar-refractivity contribution in [2.45, 2.75) is 33.6 Å². The van der Waals surface area contributed by atoms with Crippen LogP contribution < -0.4 is 10.6 Å². The fraction of sp³-hybridized carbons (Fsp3) is 0.286. The van der Waals surface area contributed by atoms with Gasteiger partial charge in [-0.05, 0) is 11.1 Å². The lowest BCUT2D eigenvalue weighted by Gasteiger charge is -2.28. The normalized spacial score (nSPS) is 13.7. The molecule has 2 aromatic rings. The SMILES string of the molecule is CC.CC.O=C1NC(=O)C(C(c2ccccc2)c2ccccc2)C(=O)N1. The van der Waals surface area contributed by atoms with Gasteiger partial charge in [0.25, 0.3) is 0 Å². The van der Waals surface area contributed by atoms with E-state index in [2.05, 4.69) is 10.6 Å². The van der Waals surface area contributed by atoms with Crippen LogP contribution in [-0.2, 0) is 9.59 Å². The number of benzene rings is 2. The molecular weight excluding hydrogens is 328 g/mol. The number of nitrogens with one attached hydrogen (secondary N) is 2. The summed E-state index contributed by atoms with van der Waals surface area (Å²) in [6, 6.07) is 17.9. The van der Waals surface area contributed by atoms with Gasteiger partial charge in [0, 0.05) is 5.92 Å². The van der Waals surface area contributed by atoms with Crippen molar-refractivity contribution < 1.29 is 14.4 Å². The van der Waals surface area contributed by atoms with Gasteiger partial charge in [0.1, 0.15) is 5.92 Å². The highest BCUT2D eigenvalue weighted by Crippen LogP contribution is 2.33. The molecule has 26 heavy (non-hydrogen) atoms. The topological polar surface area (TPSA) is 75.3 Å². The van der Waals surface area contributed by atoms with Gasteiger partial charge >= 0.3 is 6.03 Å². The number of carbonyl (C=O) groups is 3. The highest BCUT2D eigenvalue weighted by atomic mass is 16.2. The number of barbiturate groups is 1. The van der Waals surface area contributed by atoms with Crippen LogP contribution in [0.2, 0.25) is 0 Å². The zero-order chi connectivity index (χ0) is 19.5. The first-order valence-electron chi connectivity index (χ1n) is 8.92. The van der Waals surface area contributed by atoms with E-state index in [4.69, 9.17) is 0 Å². The first-order chi connectivity index (χ1) is 12.7.